The van der Waals surface area contributed by atoms with Crippen LogP contribution >= 0.6 is 0 Å². The van der Waals surface area contributed by atoms with Gasteiger partial charge in [-0.3, -0.25) is 0 Å². The summed E-state index contributed by atoms with van der Waals surface area (Å²) in [6.07, 6.45) is 3.08. The van der Waals surface area contributed by atoms with E-state index in [1.54, 1.807) is 23.0 Å². The topological polar surface area (TPSA) is 83.0 Å². The van der Waals surface area contributed by atoms with Crippen molar-refractivity contribution in [2.75, 3.05) is 0 Å². The van der Waals surface area contributed by atoms with E-state index in [0.717, 1.165) is 5.69 Å². The highest BCUT2D eigenvalue weighted by atomic mass is 16.5. The van der Waals surface area contributed by atoms with Gasteiger partial charge in [0.05, 0.1) is 23.3 Å². The Kier molecular flexibility index (Phi) is 3.87. The molecule has 5 rings (SSSR count). The van der Waals surface area contributed by atoms with Crippen LogP contribution in [0.3, 0.4) is 0 Å². The van der Waals surface area contributed by atoms with E-state index in [0.29, 0.717) is 33.6 Å². The minimum atomic E-state index is -0.491. The number of nitrogens with zero attached hydrogens (tertiary/aromatic N) is 4. The number of rotatable bonds is 3. The summed E-state index contributed by atoms with van der Waals surface area (Å²) in [4.78, 5) is 20.5. The Balaban J connectivity index is 1.64. The van der Waals surface area contributed by atoms with Crippen LogP contribution in [0, 0.1) is 13.8 Å². The highest BCUT2D eigenvalue weighted by molar-refractivity contribution is 5.85. The van der Waals surface area contributed by atoms with Gasteiger partial charge in [0.25, 0.3) is 0 Å². The van der Waals surface area contributed by atoms with Gasteiger partial charge >= 0.3 is 5.63 Å². The summed E-state index contributed by atoms with van der Waals surface area (Å²) in [5.41, 5.74) is 3.85. The number of aromatic nitrogens is 4. The molecule has 0 aliphatic carbocycles. The second-order valence-corrected chi connectivity index (χ2v) is 6.77. The summed E-state index contributed by atoms with van der Waals surface area (Å²) in [6, 6.07) is 14.6. The van der Waals surface area contributed by atoms with Gasteiger partial charge in [-0.15, -0.1) is 0 Å². The summed E-state index contributed by atoms with van der Waals surface area (Å²) in [6.45, 7) is 4.12. The van der Waals surface area contributed by atoms with Crippen molar-refractivity contribution in [2.24, 2.45) is 0 Å². The van der Waals surface area contributed by atoms with Crippen molar-refractivity contribution in [2.45, 2.75) is 13.8 Å². The number of aryl methyl sites for hydroxylation is 2. The van der Waals surface area contributed by atoms with Crippen molar-refractivity contribution < 1.29 is 9.15 Å². The van der Waals surface area contributed by atoms with Gasteiger partial charge in [-0.2, -0.15) is 5.10 Å². The second-order valence-electron chi connectivity index (χ2n) is 6.77. The molecule has 0 amide bonds. The lowest BCUT2D eigenvalue weighted by Gasteiger charge is -2.08. The maximum absolute atomic E-state index is 11.9. The molecule has 7 nitrogen and oxygen atoms in total. The zero-order chi connectivity index (χ0) is 20.0. The fraction of sp³-hybridized carbons (Fsp3) is 0.0909. The van der Waals surface area contributed by atoms with E-state index >= 15 is 0 Å². The molecule has 0 bridgehead atoms. The van der Waals surface area contributed by atoms with Gasteiger partial charge in [0.2, 0.25) is 5.88 Å². The van der Waals surface area contributed by atoms with Crippen molar-refractivity contribution >= 4 is 22.0 Å². The highest BCUT2D eigenvalue weighted by Crippen LogP contribution is 2.31. The van der Waals surface area contributed by atoms with E-state index in [4.69, 9.17) is 9.15 Å². The quantitative estimate of drug-likeness (QED) is 0.431. The molecule has 0 radical (unpaired) electrons. The van der Waals surface area contributed by atoms with Crippen LogP contribution in [0.4, 0.5) is 0 Å². The molecule has 0 aliphatic rings. The molecule has 29 heavy (non-hydrogen) atoms. The van der Waals surface area contributed by atoms with Gasteiger partial charge in [-0.1, -0.05) is 18.2 Å². The number of benzene rings is 2. The van der Waals surface area contributed by atoms with Gasteiger partial charge in [0, 0.05) is 0 Å². The van der Waals surface area contributed by atoms with Gasteiger partial charge in [0.15, 0.2) is 5.65 Å². The van der Waals surface area contributed by atoms with Crippen LogP contribution in [0.25, 0.3) is 27.7 Å². The fourth-order valence-electron chi connectivity index (χ4n) is 3.22. The maximum atomic E-state index is 11.9. The normalized spacial score (nSPS) is 11.2. The van der Waals surface area contributed by atoms with Crippen LogP contribution in [0.15, 0.2) is 70.3 Å². The predicted molar refractivity (Wildman–Crippen MR) is 109 cm³/mol. The number of hydrogen-bond donors (Lipinski definition) is 0. The number of para-hydroxylation sites is 1. The highest BCUT2D eigenvalue weighted by Gasteiger charge is 2.15. The third kappa shape index (κ3) is 2.93. The maximum Gasteiger partial charge on any atom is 0.339 e. The molecule has 0 unspecified atom stereocenters. The Labute approximate surface area is 165 Å². The van der Waals surface area contributed by atoms with Crippen LogP contribution in [-0.4, -0.2) is 19.7 Å². The summed E-state index contributed by atoms with van der Waals surface area (Å²) >= 11 is 0. The molecule has 142 valence electrons. The Morgan fingerprint density at radius 1 is 0.966 bits per heavy atom. The molecule has 5 aromatic rings. The standard InChI is InChI=1S/C22H16N4O3/c1-13-7-8-15(9-14(13)2)26-21-17(11-25-26)22(24-12-23-21)29-19-10-20(27)28-18-6-4-3-5-16(18)19/h3-12H,1-2H3. The number of fused-ring (bicyclic) bond motifs is 2. The van der Waals surface area contributed by atoms with E-state index in [-0.39, 0.29) is 0 Å². The average Bonchev–Trinajstić information content (AvgIpc) is 3.15. The molecule has 0 N–H and O–H groups in total. The largest absolute Gasteiger partial charge is 0.437 e. The van der Waals surface area contributed by atoms with Crippen molar-refractivity contribution in [1.82, 2.24) is 19.7 Å². The summed E-state index contributed by atoms with van der Waals surface area (Å²) in [5.74, 6) is 0.691. The van der Waals surface area contributed by atoms with E-state index in [1.165, 1.54) is 23.5 Å². The molecule has 3 aromatic heterocycles. The first-order valence-corrected chi connectivity index (χ1v) is 9.07. The van der Waals surface area contributed by atoms with Gasteiger partial charge < -0.3 is 9.15 Å². The first kappa shape index (κ1) is 17.1. The lowest BCUT2D eigenvalue weighted by Crippen LogP contribution is -2.01. The fourth-order valence-corrected chi connectivity index (χ4v) is 3.22. The third-order valence-corrected chi connectivity index (χ3v) is 4.88. The molecular weight excluding hydrogens is 368 g/mol. The molecule has 7 heteroatoms. The molecular formula is C22H16N4O3. The Morgan fingerprint density at radius 2 is 1.83 bits per heavy atom. The third-order valence-electron chi connectivity index (χ3n) is 4.88. The molecule has 0 saturated carbocycles. The summed E-state index contributed by atoms with van der Waals surface area (Å²) < 4.78 is 13.0. The molecule has 3 heterocycles. The molecule has 0 spiro atoms. The zero-order valence-electron chi connectivity index (χ0n) is 15.8. The summed E-state index contributed by atoms with van der Waals surface area (Å²) in [5, 5.41) is 5.80. The van der Waals surface area contributed by atoms with Crippen molar-refractivity contribution in [3.8, 4) is 17.3 Å². The zero-order valence-corrected chi connectivity index (χ0v) is 15.8. The number of ether oxygens (including phenoxy) is 1. The lowest BCUT2D eigenvalue weighted by atomic mass is 10.1. The molecule has 0 fully saturated rings. The van der Waals surface area contributed by atoms with Gasteiger partial charge in [-0.25, -0.2) is 19.4 Å². The molecule has 0 saturated heterocycles. The van der Waals surface area contributed by atoms with Crippen LogP contribution in [0.1, 0.15) is 11.1 Å². The van der Waals surface area contributed by atoms with Crippen molar-refractivity contribution in [3.63, 3.8) is 0 Å². The van der Waals surface area contributed by atoms with Crippen LogP contribution in [0.5, 0.6) is 11.6 Å². The average molecular weight is 384 g/mol. The van der Waals surface area contributed by atoms with E-state index in [2.05, 4.69) is 35.0 Å². The molecule has 0 atom stereocenters. The lowest BCUT2D eigenvalue weighted by molar-refractivity contribution is 0.462. The first-order valence-electron chi connectivity index (χ1n) is 9.07. The Morgan fingerprint density at radius 3 is 2.69 bits per heavy atom. The smallest absolute Gasteiger partial charge is 0.339 e. The molecule has 0 aliphatic heterocycles. The van der Waals surface area contributed by atoms with Crippen LogP contribution in [0.2, 0.25) is 0 Å². The van der Waals surface area contributed by atoms with Gasteiger partial charge in [0.1, 0.15) is 23.0 Å². The monoisotopic (exact) mass is 384 g/mol. The molecule has 2 aromatic carbocycles. The number of hydrogen-bond acceptors (Lipinski definition) is 6. The van der Waals surface area contributed by atoms with Crippen molar-refractivity contribution in [1.29, 1.82) is 0 Å². The Hall–Kier alpha value is -4.00. The first-order chi connectivity index (χ1) is 14.1. The van der Waals surface area contributed by atoms with E-state index in [9.17, 15) is 4.79 Å². The second kappa shape index (κ2) is 6.56. The van der Waals surface area contributed by atoms with Crippen molar-refractivity contribution in [3.05, 3.63) is 82.6 Å². The van der Waals surface area contributed by atoms with Gasteiger partial charge in [-0.05, 0) is 49.2 Å². The van der Waals surface area contributed by atoms with Crippen LogP contribution in [-0.2, 0) is 0 Å². The Bertz CT molecular complexity index is 1440. The van der Waals surface area contributed by atoms with Crippen LogP contribution < -0.4 is 10.4 Å². The van der Waals surface area contributed by atoms with E-state index < -0.39 is 5.63 Å². The summed E-state index contributed by atoms with van der Waals surface area (Å²) in [7, 11) is 0. The SMILES string of the molecule is Cc1ccc(-n2ncc3c(Oc4cc(=O)oc5ccccc45)ncnc32)cc1C. The van der Waals surface area contributed by atoms with E-state index in [1.807, 2.05) is 24.3 Å². The predicted octanol–water partition coefficient (Wildman–Crippen LogP) is 4.33. The minimum absolute atomic E-state index is 0.320. The minimum Gasteiger partial charge on any atom is -0.437 e.